The van der Waals surface area contributed by atoms with E-state index in [1.165, 1.54) is 36.0 Å². The molecule has 3 heterocycles. The van der Waals surface area contributed by atoms with Gasteiger partial charge in [0.2, 0.25) is 0 Å². The lowest BCUT2D eigenvalue weighted by atomic mass is 9.89. The Balaban J connectivity index is 1.18. The first-order valence-electron chi connectivity index (χ1n) is 14.8. The van der Waals surface area contributed by atoms with Crippen LogP contribution in [0.25, 0.3) is 11.3 Å². The summed E-state index contributed by atoms with van der Waals surface area (Å²) in [4.78, 5) is 57.0. The minimum Gasteiger partial charge on any atom is -0.446 e. The molecule has 0 atom stereocenters. The van der Waals surface area contributed by atoms with Gasteiger partial charge in [-0.3, -0.25) is 14.3 Å². The molecule has 1 aliphatic heterocycles. The van der Waals surface area contributed by atoms with Gasteiger partial charge in [-0.25, -0.2) is 14.6 Å². The topological polar surface area (TPSA) is 170 Å². The molecule has 1 aliphatic carbocycles. The Morgan fingerprint density at radius 3 is 2.40 bits per heavy atom. The number of primary amides is 1. The second-order valence-corrected chi connectivity index (χ2v) is 12.1. The van der Waals surface area contributed by atoms with Crippen molar-refractivity contribution in [2.45, 2.75) is 44.6 Å². The first-order valence-corrected chi connectivity index (χ1v) is 15.2. The Morgan fingerprint density at radius 2 is 1.79 bits per heavy atom. The summed E-state index contributed by atoms with van der Waals surface area (Å²) in [5.41, 5.74) is 4.71. The second-order valence-electron chi connectivity index (χ2n) is 11.7. The predicted molar refractivity (Wildman–Crippen MR) is 167 cm³/mol. The molecule has 5 rings (SSSR count). The number of nitrogens with one attached hydrogen (secondary N) is 2. The number of alkyl halides is 3. The molecule has 18 heteroatoms. The SMILES string of the molecule is C=C(C)Cn1cc(-c2cnc(C(=O)Nc3ccc(C(=O)N4CCN(C(=O)NC5CC(OC(N)=O)C5)CC4)c(Cl)c3)n2C)c(C(F)(F)F)n1. The molecule has 2 aromatic heterocycles. The third kappa shape index (κ3) is 7.56. The number of carbonyl (C=O) groups is 4. The molecular formula is C30H33ClF3N9O5. The average molecular weight is 692 g/mol. The van der Waals surface area contributed by atoms with E-state index >= 15 is 0 Å². The molecule has 1 aromatic carbocycles. The number of benzene rings is 1. The van der Waals surface area contributed by atoms with Crippen molar-refractivity contribution >= 4 is 41.2 Å². The van der Waals surface area contributed by atoms with E-state index in [1.54, 1.807) is 16.7 Å². The molecule has 1 saturated heterocycles. The number of aromatic nitrogens is 4. The van der Waals surface area contributed by atoms with E-state index in [9.17, 15) is 32.3 Å². The lowest BCUT2D eigenvalue weighted by molar-refractivity contribution is -0.141. The zero-order valence-electron chi connectivity index (χ0n) is 26.0. The highest BCUT2D eigenvalue weighted by atomic mass is 35.5. The number of urea groups is 1. The van der Waals surface area contributed by atoms with Crippen LogP contribution in [0, 0.1) is 0 Å². The Kier molecular flexibility index (Phi) is 9.70. The third-order valence-corrected chi connectivity index (χ3v) is 8.26. The van der Waals surface area contributed by atoms with Crippen molar-refractivity contribution in [3.63, 3.8) is 0 Å². The maximum Gasteiger partial charge on any atom is 0.435 e. The molecule has 0 unspecified atom stereocenters. The van der Waals surface area contributed by atoms with Crippen LogP contribution in [0.4, 0.5) is 28.4 Å². The number of imidazole rings is 1. The van der Waals surface area contributed by atoms with Crippen LogP contribution >= 0.6 is 11.6 Å². The summed E-state index contributed by atoms with van der Waals surface area (Å²) in [7, 11) is 1.41. The third-order valence-electron chi connectivity index (χ3n) is 7.95. The largest absolute Gasteiger partial charge is 0.446 e. The lowest BCUT2D eigenvalue weighted by Gasteiger charge is -2.38. The van der Waals surface area contributed by atoms with Crippen molar-refractivity contribution in [1.29, 1.82) is 0 Å². The van der Waals surface area contributed by atoms with Gasteiger partial charge in [-0.1, -0.05) is 23.8 Å². The number of nitrogens with zero attached hydrogens (tertiary/aromatic N) is 6. The zero-order valence-corrected chi connectivity index (χ0v) is 26.8. The monoisotopic (exact) mass is 691 g/mol. The van der Waals surface area contributed by atoms with E-state index < -0.39 is 23.9 Å². The lowest BCUT2D eigenvalue weighted by Crippen LogP contribution is -2.57. The smallest absolute Gasteiger partial charge is 0.435 e. The van der Waals surface area contributed by atoms with E-state index in [0.29, 0.717) is 31.5 Å². The van der Waals surface area contributed by atoms with Crippen LogP contribution in [0.3, 0.4) is 0 Å². The van der Waals surface area contributed by atoms with Gasteiger partial charge in [0.15, 0.2) is 11.5 Å². The van der Waals surface area contributed by atoms with Crippen molar-refractivity contribution < 1.29 is 37.1 Å². The molecule has 48 heavy (non-hydrogen) atoms. The van der Waals surface area contributed by atoms with Gasteiger partial charge < -0.3 is 35.5 Å². The van der Waals surface area contributed by atoms with Gasteiger partial charge >= 0.3 is 18.3 Å². The summed E-state index contributed by atoms with van der Waals surface area (Å²) in [6, 6.07) is 3.91. The summed E-state index contributed by atoms with van der Waals surface area (Å²) >= 11 is 6.43. The summed E-state index contributed by atoms with van der Waals surface area (Å²) in [5, 5.41) is 9.22. The van der Waals surface area contributed by atoms with Crippen LogP contribution in [-0.2, 0) is 24.5 Å². The molecule has 14 nitrogen and oxygen atoms in total. The molecule has 0 spiro atoms. The predicted octanol–water partition coefficient (Wildman–Crippen LogP) is 3.88. The van der Waals surface area contributed by atoms with E-state index in [0.717, 1.165) is 10.9 Å². The van der Waals surface area contributed by atoms with Crippen LogP contribution in [-0.4, -0.2) is 91.4 Å². The maximum absolute atomic E-state index is 13.8. The summed E-state index contributed by atoms with van der Waals surface area (Å²) in [6.07, 6.45) is -2.54. The van der Waals surface area contributed by atoms with Crippen molar-refractivity contribution in [3.8, 4) is 11.3 Å². The number of amides is 5. The highest BCUT2D eigenvalue weighted by Crippen LogP contribution is 2.36. The Labute approximate surface area is 277 Å². The zero-order chi connectivity index (χ0) is 34.9. The van der Waals surface area contributed by atoms with Crippen LogP contribution in [0.2, 0.25) is 5.02 Å². The van der Waals surface area contributed by atoms with Crippen molar-refractivity contribution in [2.75, 3.05) is 31.5 Å². The number of carbonyl (C=O) groups excluding carboxylic acids is 4. The van der Waals surface area contributed by atoms with E-state index in [1.807, 2.05) is 0 Å². The quantitative estimate of drug-likeness (QED) is 0.301. The molecule has 3 aromatic rings. The normalized spacial score (nSPS) is 17.8. The second kappa shape index (κ2) is 13.6. The van der Waals surface area contributed by atoms with Gasteiger partial charge in [-0.15, -0.1) is 0 Å². The Bertz CT molecular complexity index is 1760. The number of allylic oxidation sites excluding steroid dienone is 1. The van der Waals surface area contributed by atoms with Gasteiger partial charge in [-0.05, 0) is 25.1 Å². The number of nitrogens with two attached hydrogens (primary N) is 1. The number of piperazine rings is 1. The minimum atomic E-state index is -4.74. The van der Waals surface area contributed by atoms with Crippen molar-refractivity contribution in [1.82, 2.24) is 34.4 Å². The van der Waals surface area contributed by atoms with Crippen LogP contribution in [0.15, 0.2) is 42.7 Å². The van der Waals surface area contributed by atoms with Gasteiger partial charge in [0, 0.05) is 64.0 Å². The minimum absolute atomic E-state index is 0.0310. The molecular weight excluding hydrogens is 659 g/mol. The van der Waals surface area contributed by atoms with Gasteiger partial charge in [0.25, 0.3) is 11.8 Å². The van der Waals surface area contributed by atoms with Crippen LogP contribution in [0.1, 0.15) is 46.4 Å². The first kappa shape index (κ1) is 34.3. The number of rotatable bonds is 8. The van der Waals surface area contributed by atoms with Crippen LogP contribution < -0.4 is 16.4 Å². The van der Waals surface area contributed by atoms with Gasteiger partial charge in [-0.2, -0.15) is 18.3 Å². The molecule has 0 bridgehead atoms. The molecule has 1 saturated carbocycles. The van der Waals surface area contributed by atoms with Crippen LogP contribution in [0.5, 0.6) is 0 Å². The van der Waals surface area contributed by atoms with E-state index in [4.69, 9.17) is 22.1 Å². The Morgan fingerprint density at radius 1 is 1.12 bits per heavy atom. The standard InChI is InChI=1S/C30H33ClF3N9O5/c1-16(2)14-43-15-21(24(39-43)30(32,33)34)23-13-36-25(40(23)3)26(44)37-17-4-5-20(22(31)12-17)27(45)41-6-8-42(9-7-41)29(47)38-18-10-19(11-18)48-28(35)46/h4-5,12-13,15,18-19H,1,6-11,14H2,2-3H3,(H2,35,46)(H,37,44)(H,38,47). The highest BCUT2D eigenvalue weighted by Gasteiger charge is 2.39. The summed E-state index contributed by atoms with van der Waals surface area (Å²) in [6.45, 7) is 6.58. The van der Waals surface area contributed by atoms with Crippen molar-refractivity contribution in [2.24, 2.45) is 12.8 Å². The van der Waals surface area contributed by atoms with E-state index in [2.05, 4.69) is 27.3 Å². The molecule has 256 valence electrons. The first-order chi connectivity index (χ1) is 22.6. The number of hydrogen-bond acceptors (Lipinski definition) is 7. The Hall–Kier alpha value is -5.06. The number of ether oxygens (including phenoxy) is 1. The van der Waals surface area contributed by atoms with E-state index in [-0.39, 0.29) is 77.1 Å². The highest BCUT2D eigenvalue weighted by molar-refractivity contribution is 6.34. The van der Waals surface area contributed by atoms with Gasteiger partial charge in [0.05, 0.1) is 34.6 Å². The molecule has 4 N–H and O–H groups in total. The molecule has 2 fully saturated rings. The average Bonchev–Trinajstić information content (AvgIpc) is 3.58. The fourth-order valence-electron chi connectivity index (χ4n) is 5.49. The molecule has 2 aliphatic rings. The van der Waals surface area contributed by atoms with Crippen molar-refractivity contribution in [3.05, 3.63) is 64.8 Å². The molecule has 5 amide bonds. The summed E-state index contributed by atoms with van der Waals surface area (Å²) in [5.74, 6) is -1.24. The maximum atomic E-state index is 13.8. The fourth-order valence-corrected chi connectivity index (χ4v) is 5.75. The molecule has 0 radical (unpaired) electrons. The summed E-state index contributed by atoms with van der Waals surface area (Å²) < 4.78 is 48.6. The fraction of sp³-hybridized carbons (Fsp3) is 0.400. The number of anilines is 1. The number of halogens is 4. The van der Waals surface area contributed by atoms with Gasteiger partial charge in [0.1, 0.15) is 6.10 Å². The number of hydrogen-bond donors (Lipinski definition) is 3.